The lowest BCUT2D eigenvalue weighted by Crippen LogP contribution is -2.50. The fraction of sp³-hybridized carbons (Fsp3) is 0.550. The third kappa shape index (κ3) is 7.85. The summed E-state index contributed by atoms with van der Waals surface area (Å²) in [5.74, 6) is -0.471. The third-order valence-electron chi connectivity index (χ3n) is 3.32. The maximum Gasteiger partial charge on any atom is 0.339 e. The summed E-state index contributed by atoms with van der Waals surface area (Å²) in [6, 6.07) is 4.01. The Bertz CT molecular complexity index is 696. The number of imide groups is 1. The van der Waals surface area contributed by atoms with Gasteiger partial charge in [0.05, 0.1) is 18.8 Å². The molecule has 1 aromatic carbocycles. The number of amides is 3. The quantitative estimate of drug-likeness (QED) is 0.657. The molecule has 0 radical (unpaired) electrons. The molecule has 0 saturated heterocycles. The molecule has 1 rings (SSSR count). The summed E-state index contributed by atoms with van der Waals surface area (Å²) in [5.41, 5.74) is -0.284. The topological polar surface area (TPSA) is 103 Å². The molecule has 0 spiro atoms. The Balaban J connectivity index is 2.76. The van der Waals surface area contributed by atoms with E-state index < -0.39 is 29.6 Å². The van der Waals surface area contributed by atoms with Crippen LogP contribution >= 0.6 is 0 Å². The van der Waals surface area contributed by atoms with E-state index in [4.69, 9.17) is 14.2 Å². The molecule has 156 valence electrons. The highest BCUT2D eigenvalue weighted by Crippen LogP contribution is 2.29. The minimum Gasteiger partial charge on any atom is -0.490 e. The van der Waals surface area contributed by atoms with Crippen LogP contribution in [0.15, 0.2) is 18.2 Å². The van der Waals surface area contributed by atoms with Gasteiger partial charge in [0.25, 0.3) is 5.91 Å². The normalized spacial score (nSPS) is 11.9. The minimum absolute atomic E-state index is 0.214. The Hall–Kier alpha value is -2.77. The number of urea groups is 1. The zero-order valence-corrected chi connectivity index (χ0v) is 17.4. The molecule has 0 heterocycles. The SMILES string of the molecule is CCCOc1ccc(C(=O)O[C@@H](C)C(=O)NC(=O)NC(C)(C)C)cc1OCC. The van der Waals surface area contributed by atoms with Crippen molar-refractivity contribution in [1.29, 1.82) is 0 Å². The molecule has 8 nitrogen and oxygen atoms in total. The Labute approximate surface area is 165 Å². The van der Waals surface area contributed by atoms with Crippen molar-refractivity contribution in [3.8, 4) is 11.5 Å². The molecule has 0 fully saturated rings. The largest absolute Gasteiger partial charge is 0.490 e. The first-order valence-electron chi connectivity index (χ1n) is 9.31. The fourth-order valence-electron chi connectivity index (χ4n) is 2.10. The summed E-state index contributed by atoms with van der Waals surface area (Å²) in [6.45, 7) is 11.5. The van der Waals surface area contributed by atoms with E-state index in [0.29, 0.717) is 24.7 Å². The second kappa shape index (κ2) is 10.5. The Morgan fingerprint density at radius 2 is 1.75 bits per heavy atom. The van der Waals surface area contributed by atoms with Crippen LogP contribution in [0.25, 0.3) is 0 Å². The molecule has 0 aliphatic rings. The van der Waals surface area contributed by atoms with Gasteiger partial charge in [0.2, 0.25) is 0 Å². The van der Waals surface area contributed by atoms with Crippen LogP contribution in [0.3, 0.4) is 0 Å². The van der Waals surface area contributed by atoms with Gasteiger partial charge < -0.3 is 19.5 Å². The molecule has 1 atom stereocenters. The van der Waals surface area contributed by atoms with Crippen molar-refractivity contribution in [2.45, 2.75) is 59.6 Å². The highest BCUT2D eigenvalue weighted by atomic mass is 16.5. The van der Waals surface area contributed by atoms with E-state index in [2.05, 4.69) is 10.6 Å². The predicted molar refractivity (Wildman–Crippen MR) is 105 cm³/mol. The highest BCUT2D eigenvalue weighted by molar-refractivity contribution is 5.98. The maximum atomic E-state index is 12.4. The summed E-state index contributed by atoms with van der Waals surface area (Å²) >= 11 is 0. The maximum absolute atomic E-state index is 12.4. The molecule has 2 N–H and O–H groups in total. The van der Waals surface area contributed by atoms with E-state index in [1.54, 1.807) is 26.8 Å². The van der Waals surface area contributed by atoms with E-state index >= 15 is 0 Å². The number of benzene rings is 1. The smallest absolute Gasteiger partial charge is 0.339 e. The van der Waals surface area contributed by atoms with E-state index in [0.717, 1.165) is 6.42 Å². The number of rotatable bonds is 8. The van der Waals surface area contributed by atoms with Crippen LogP contribution in [-0.4, -0.2) is 42.8 Å². The molecule has 0 bridgehead atoms. The van der Waals surface area contributed by atoms with Gasteiger partial charge in [-0.1, -0.05) is 6.92 Å². The molecule has 0 aliphatic heterocycles. The lowest BCUT2D eigenvalue weighted by atomic mass is 10.1. The summed E-state index contributed by atoms with van der Waals surface area (Å²) in [5, 5.41) is 4.74. The van der Waals surface area contributed by atoms with Gasteiger partial charge in [-0.3, -0.25) is 10.1 Å². The van der Waals surface area contributed by atoms with Crippen molar-refractivity contribution < 1.29 is 28.6 Å². The van der Waals surface area contributed by atoms with E-state index in [-0.39, 0.29) is 5.56 Å². The lowest BCUT2D eigenvalue weighted by molar-refractivity contribution is -0.127. The van der Waals surface area contributed by atoms with Crippen LogP contribution in [0, 0.1) is 0 Å². The number of ether oxygens (including phenoxy) is 3. The van der Waals surface area contributed by atoms with Crippen molar-refractivity contribution in [3.05, 3.63) is 23.8 Å². The van der Waals surface area contributed by atoms with E-state index in [1.165, 1.54) is 19.1 Å². The molecule has 8 heteroatoms. The first-order valence-corrected chi connectivity index (χ1v) is 9.31. The van der Waals surface area contributed by atoms with Gasteiger partial charge in [-0.15, -0.1) is 0 Å². The predicted octanol–water partition coefficient (Wildman–Crippen LogP) is 3.04. The lowest BCUT2D eigenvalue weighted by Gasteiger charge is -2.21. The second-order valence-electron chi connectivity index (χ2n) is 7.18. The molecule has 3 amide bonds. The van der Waals surface area contributed by atoms with Crippen molar-refractivity contribution in [3.63, 3.8) is 0 Å². The number of hydrogen-bond acceptors (Lipinski definition) is 6. The van der Waals surface area contributed by atoms with E-state index in [9.17, 15) is 14.4 Å². The number of esters is 1. The summed E-state index contributed by atoms with van der Waals surface area (Å²) in [4.78, 5) is 36.2. The number of carbonyl (C=O) groups is 3. The average molecular weight is 394 g/mol. The highest BCUT2D eigenvalue weighted by Gasteiger charge is 2.23. The Morgan fingerprint density at radius 1 is 1.07 bits per heavy atom. The second-order valence-corrected chi connectivity index (χ2v) is 7.18. The monoisotopic (exact) mass is 394 g/mol. The zero-order chi connectivity index (χ0) is 21.3. The first kappa shape index (κ1) is 23.3. The van der Waals surface area contributed by atoms with Gasteiger partial charge in [-0.25, -0.2) is 9.59 Å². The molecule has 0 aliphatic carbocycles. The Morgan fingerprint density at radius 3 is 2.32 bits per heavy atom. The van der Waals surface area contributed by atoms with Crippen molar-refractivity contribution in [2.75, 3.05) is 13.2 Å². The summed E-state index contributed by atoms with van der Waals surface area (Å²) < 4.78 is 16.3. The van der Waals surface area contributed by atoms with E-state index in [1.807, 2.05) is 13.8 Å². The summed E-state index contributed by atoms with van der Waals surface area (Å²) in [7, 11) is 0. The molecule has 1 aromatic rings. The molecular formula is C20H30N2O6. The molecule has 0 saturated carbocycles. The Kier molecular flexibility index (Phi) is 8.76. The standard InChI is InChI=1S/C20H30N2O6/c1-7-11-27-15-10-9-14(12-16(15)26-8-2)18(24)28-13(3)17(23)21-19(25)22-20(4,5)6/h9-10,12-13H,7-8,11H2,1-6H3,(H2,21,22,23,25)/t13-/m0/s1. The van der Waals surface area contributed by atoms with Crippen molar-refractivity contribution >= 4 is 17.9 Å². The van der Waals surface area contributed by atoms with Crippen molar-refractivity contribution in [1.82, 2.24) is 10.6 Å². The van der Waals surface area contributed by atoms with Crippen LogP contribution in [0.4, 0.5) is 4.79 Å². The zero-order valence-electron chi connectivity index (χ0n) is 17.4. The number of nitrogens with one attached hydrogen (secondary N) is 2. The fourth-order valence-corrected chi connectivity index (χ4v) is 2.10. The summed E-state index contributed by atoms with van der Waals surface area (Å²) in [6.07, 6.45) is -0.310. The number of carbonyl (C=O) groups excluding carboxylic acids is 3. The van der Waals surface area contributed by atoms with Gasteiger partial charge in [-0.2, -0.15) is 0 Å². The van der Waals surface area contributed by atoms with Crippen LogP contribution in [0.2, 0.25) is 0 Å². The van der Waals surface area contributed by atoms with Crippen LogP contribution in [-0.2, 0) is 9.53 Å². The van der Waals surface area contributed by atoms with Crippen LogP contribution in [0.5, 0.6) is 11.5 Å². The first-order chi connectivity index (χ1) is 13.1. The minimum atomic E-state index is -1.15. The van der Waals surface area contributed by atoms with Crippen LogP contribution < -0.4 is 20.1 Å². The number of hydrogen-bond donors (Lipinski definition) is 2. The van der Waals surface area contributed by atoms with Gasteiger partial charge in [0, 0.05) is 5.54 Å². The van der Waals surface area contributed by atoms with Crippen LogP contribution in [0.1, 0.15) is 58.3 Å². The van der Waals surface area contributed by atoms with Gasteiger partial charge in [0.1, 0.15) is 0 Å². The molecule has 0 unspecified atom stereocenters. The van der Waals surface area contributed by atoms with Crippen molar-refractivity contribution in [2.24, 2.45) is 0 Å². The molecular weight excluding hydrogens is 364 g/mol. The average Bonchev–Trinajstić information content (AvgIpc) is 2.58. The molecule has 0 aromatic heterocycles. The van der Waals surface area contributed by atoms with Gasteiger partial charge in [-0.05, 0) is 59.2 Å². The molecule has 28 heavy (non-hydrogen) atoms. The van der Waals surface area contributed by atoms with Gasteiger partial charge >= 0.3 is 12.0 Å². The third-order valence-corrected chi connectivity index (χ3v) is 3.32. The van der Waals surface area contributed by atoms with Gasteiger partial charge in [0.15, 0.2) is 17.6 Å².